The third-order valence-electron chi connectivity index (χ3n) is 2.44. The molecule has 1 atom stereocenters. The SMILES string of the molecule is CC[N+]([O-])(C(C)C)C(C)(C)C. The molecule has 0 aromatic heterocycles. The van der Waals surface area contributed by atoms with Gasteiger partial charge in [-0.2, -0.15) is 0 Å². The zero-order valence-corrected chi connectivity index (χ0v) is 8.64. The Morgan fingerprint density at radius 1 is 1.27 bits per heavy atom. The average Bonchev–Trinajstić information content (AvgIpc) is 1.83. The van der Waals surface area contributed by atoms with Crippen molar-refractivity contribution < 1.29 is 4.65 Å². The van der Waals surface area contributed by atoms with Crippen molar-refractivity contribution >= 4 is 0 Å². The van der Waals surface area contributed by atoms with Gasteiger partial charge in [0, 0.05) is 0 Å². The highest BCUT2D eigenvalue weighted by atomic mass is 16.6. The molecule has 0 amide bonds. The van der Waals surface area contributed by atoms with Crippen LogP contribution >= 0.6 is 0 Å². The van der Waals surface area contributed by atoms with Crippen LogP contribution in [0.5, 0.6) is 0 Å². The van der Waals surface area contributed by atoms with Crippen molar-refractivity contribution in [1.82, 2.24) is 0 Å². The lowest BCUT2D eigenvalue weighted by molar-refractivity contribution is -0.943. The molecule has 0 heterocycles. The third-order valence-corrected chi connectivity index (χ3v) is 2.44. The van der Waals surface area contributed by atoms with Gasteiger partial charge in [-0.05, 0) is 41.5 Å². The molecule has 11 heavy (non-hydrogen) atoms. The van der Waals surface area contributed by atoms with Gasteiger partial charge in [0.2, 0.25) is 0 Å². The molecule has 0 aromatic rings. The first-order valence-corrected chi connectivity index (χ1v) is 4.34. The summed E-state index contributed by atoms with van der Waals surface area (Å²) >= 11 is 0. The van der Waals surface area contributed by atoms with Crippen LogP contribution in [0.3, 0.4) is 0 Å². The molecule has 0 saturated carbocycles. The van der Waals surface area contributed by atoms with Crippen molar-refractivity contribution in [2.45, 2.75) is 53.1 Å². The Balaban J connectivity index is 4.61. The summed E-state index contributed by atoms with van der Waals surface area (Å²) in [5.74, 6) is 0. The maximum Gasteiger partial charge on any atom is 0.0906 e. The Hall–Kier alpha value is -0.0800. The minimum Gasteiger partial charge on any atom is -0.632 e. The predicted molar refractivity (Wildman–Crippen MR) is 49.1 cm³/mol. The van der Waals surface area contributed by atoms with Gasteiger partial charge in [-0.1, -0.05) is 0 Å². The molecule has 2 heteroatoms. The van der Waals surface area contributed by atoms with E-state index >= 15 is 0 Å². The highest BCUT2D eigenvalue weighted by molar-refractivity contribution is 4.66. The van der Waals surface area contributed by atoms with Gasteiger partial charge < -0.3 is 9.85 Å². The molecule has 0 saturated heterocycles. The van der Waals surface area contributed by atoms with E-state index in [-0.39, 0.29) is 16.2 Å². The summed E-state index contributed by atoms with van der Waals surface area (Å²) in [4.78, 5) is 0. The zero-order chi connectivity index (χ0) is 9.28. The van der Waals surface area contributed by atoms with Gasteiger partial charge in [0.15, 0.2) is 0 Å². The Labute approximate surface area is 70.4 Å². The minimum atomic E-state index is -0.192. The van der Waals surface area contributed by atoms with Gasteiger partial charge in [0.25, 0.3) is 0 Å². The van der Waals surface area contributed by atoms with E-state index in [1.54, 1.807) is 0 Å². The smallest absolute Gasteiger partial charge is 0.0906 e. The molecule has 0 aromatic carbocycles. The van der Waals surface area contributed by atoms with Crippen LogP contribution in [0.15, 0.2) is 0 Å². The number of hydroxylamine groups is 3. The van der Waals surface area contributed by atoms with Crippen LogP contribution in [0.4, 0.5) is 0 Å². The maximum atomic E-state index is 12.1. The van der Waals surface area contributed by atoms with E-state index in [0.29, 0.717) is 6.54 Å². The fourth-order valence-electron chi connectivity index (χ4n) is 1.61. The minimum absolute atomic E-state index is 0.104. The second kappa shape index (κ2) is 3.11. The summed E-state index contributed by atoms with van der Waals surface area (Å²) in [6, 6.07) is 0.153. The van der Waals surface area contributed by atoms with Crippen molar-refractivity contribution in [3.8, 4) is 0 Å². The second-order valence-electron chi connectivity index (χ2n) is 4.38. The lowest BCUT2D eigenvalue weighted by Gasteiger charge is -2.55. The Morgan fingerprint density at radius 3 is 1.64 bits per heavy atom. The highest BCUT2D eigenvalue weighted by Gasteiger charge is 2.33. The van der Waals surface area contributed by atoms with Gasteiger partial charge in [0.05, 0.1) is 18.1 Å². The summed E-state index contributed by atoms with van der Waals surface area (Å²) in [6.45, 7) is 12.6. The lowest BCUT2D eigenvalue weighted by Crippen LogP contribution is -2.59. The molecule has 0 N–H and O–H groups in total. The Kier molecular flexibility index (Phi) is 3.09. The zero-order valence-electron chi connectivity index (χ0n) is 8.64. The van der Waals surface area contributed by atoms with Gasteiger partial charge in [-0.3, -0.25) is 0 Å². The molecule has 0 aliphatic carbocycles. The molecule has 68 valence electrons. The lowest BCUT2D eigenvalue weighted by atomic mass is 10.0. The topological polar surface area (TPSA) is 23.1 Å². The first-order chi connectivity index (χ1) is 4.75. The van der Waals surface area contributed by atoms with Crippen LogP contribution in [0.1, 0.15) is 41.5 Å². The quantitative estimate of drug-likeness (QED) is 0.448. The normalized spacial score (nSPS) is 18.5. The summed E-state index contributed by atoms with van der Waals surface area (Å²) in [5.41, 5.74) is -0.192. The molecule has 0 rings (SSSR count). The number of hydrogen-bond donors (Lipinski definition) is 0. The average molecular weight is 159 g/mol. The van der Waals surface area contributed by atoms with Crippen molar-refractivity contribution in [2.24, 2.45) is 0 Å². The molecule has 0 aliphatic rings. The predicted octanol–water partition coefficient (Wildman–Crippen LogP) is 2.53. The molecule has 0 radical (unpaired) electrons. The van der Waals surface area contributed by atoms with Crippen molar-refractivity contribution in [1.29, 1.82) is 0 Å². The Morgan fingerprint density at radius 2 is 1.64 bits per heavy atom. The first-order valence-electron chi connectivity index (χ1n) is 4.34. The van der Waals surface area contributed by atoms with Gasteiger partial charge in [-0.15, -0.1) is 0 Å². The van der Waals surface area contributed by atoms with E-state index in [4.69, 9.17) is 0 Å². The largest absolute Gasteiger partial charge is 0.632 e. The summed E-state index contributed by atoms with van der Waals surface area (Å²) < 4.78 is -0.104. The van der Waals surface area contributed by atoms with Crippen LogP contribution in [0.25, 0.3) is 0 Å². The maximum absolute atomic E-state index is 12.1. The molecule has 0 fully saturated rings. The third kappa shape index (κ3) is 1.94. The van der Waals surface area contributed by atoms with Crippen LogP contribution in [-0.2, 0) is 0 Å². The monoisotopic (exact) mass is 159 g/mol. The van der Waals surface area contributed by atoms with E-state index in [9.17, 15) is 5.21 Å². The van der Waals surface area contributed by atoms with Crippen molar-refractivity contribution in [3.05, 3.63) is 5.21 Å². The van der Waals surface area contributed by atoms with Crippen LogP contribution in [0.2, 0.25) is 0 Å². The van der Waals surface area contributed by atoms with E-state index in [0.717, 1.165) is 0 Å². The summed E-state index contributed by atoms with van der Waals surface area (Å²) in [6.07, 6.45) is 0. The van der Waals surface area contributed by atoms with Gasteiger partial charge in [-0.25, -0.2) is 0 Å². The molecule has 0 spiro atoms. The number of rotatable bonds is 2. The van der Waals surface area contributed by atoms with E-state index in [1.165, 1.54) is 0 Å². The fraction of sp³-hybridized carbons (Fsp3) is 1.00. The van der Waals surface area contributed by atoms with E-state index < -0.39 is 0 Å². The van der Waals surface area contributed by atoms with Gasteiger partial charge >= 0.3 is 0 Å². The van der Waals surface area contributed by atoms with Gasteiger partial charge in [0.1, 0.15) is 0 Å². The molecule has 2 nitrogen and oxygen atoms in total. The fourth-order valence-corrected chi connectivity index (χ4v) is 1.61. The van der Waals surface area contributed by atoms with Crippen LogP contribution in [-0.4, -0.2) is 22.8 Å². The highest BCUT2D eigenvalue weighted by Crippen LogP contribution is 2.26. The van der Waals surface area contributed by atoms with Crippen LogP contribution < -0.4 is 0 Å². The van der Waals surface area contributed by atoms with E-state index in [2.05, 4.69) is 0 Å². The van der Waals surface area contributed by atoms with E-state index in [1.807, 2.05) is 41.5 Å². The molecule has 0 bridgehead atoms. The number of nitrogens with zero attached hydrogens (tertiary/aromatic N) is 1. The second-order valence-corrected chi connectivity index (χ2v) is 4.38. The molecular weight excluding hydrogens is 138 g/mol. The first kappa shape index (κ1) is 10.9. The molecule has 1 unspecified atom stereocenters. The standard InChI is InChI=1S/C9H21NO/c1-7-10(11,8(2)3)9(4,5)6/h8H,7H2,1-6H3. The summed E-state index contributed by atoms with van der Waals surface area (Å²) in [5, 5.41) is 12.1. The number of quaternary nitrogens is 1. The van der Waals surface area contributed by atoms with Crippen molar-refractivity contribution in [3.63, 3.8) is 0 Å². The Bertz CT molecular complexity index is 126. The summed E-state index contributed by atoms with van der Waals surface area (Å²) in [7, 11) is 0. The van der Waals surface area contributed by atoms with Crippen LogP contribution in [0, 0.1) is 5.21 Å². The van der Waals surface area contributed by atoms with Crippen molar-refractivity contribution in [2.75, 3.05) is 6.54 Å². The number of hydrogen-bond acceptors (Lipinski definition) is 1. The molecular formula is C9H21NO. The molecule has 0 aliphatic heterocycles.